The minimum atomic E-state index is -3.78. The number of halogens is 1. The molecular formula is C17H18FN3O4S. The van der Waals surface area contributed by atoms with Crippen molar-refractivity contribution >= 4 is 27.5 Å². The topological polar surface area (TPSA) is 110 Å². The summed E-state index contributed by atoms with van der Waals surface area (Å²) in [4.78, 5) is 23.6. The monoisotopic (exact) mass is 379 g/mol. The summed E-state index contributed by atoms with van der Waals surface area (Å²) < 4.78 is 38.6. The Balaban J connectivity index is 2.18. The molecule has 0 aliphatic carbocycles. The van der Waals surface area contributed by atoms with E-state index in [-0.39, 0.29) is 23.4 Å². The highest BCUT2D eigenvalue weighted by molar-refractivity contribution is 7.88. The van der Waals surface area contributed by atoms with E-state index in [2.05, 4.69) is 5.32 Å². The van der Waals surface area contributed by atoms with E-state index >= 15 is 0 Å². The Morgan fingerprint density at radius 2 is 1.73 bits per heavy atom. The highest BCUT2D eigenvalue weighted by Gasteiger charge is 2.22. The second-order valence-corrected chi connectivity index (χ2v) is 7.56. The molecule has 0 fully saturated rings. The van der Waals surface area contributed by atoms with Crippen molar-refractivity contribution in [2.24, 2.45) is 5.73 Å². The number of hydrogen-bond acceptors (Lipinski definition) is 4. The van der Waals surface area contributed by atoms with Crippen LogP contribution in [0.3, 0.4) is 0 Å². The predicted molar refractivity (Wildman–Crippen MR) is 95.2 cm³/mol. The van der Waals surface area contributed by atoms with E-state index in [4.69, 9.17) is 5.73 Å². The van der Waals surface area contributed by atoms with Crippen molar-refractivity contribution in [2.75, 3.05) is 18.1 Å². The number of hydrogen-bond donors (Lipinski definition) is 2. The van der Waals surface area contributed by atoms with E-state index in [1.54, 1.807) is 18.2 Å². The second-order valence-electron chi connectivity index (χ2n) is 5.58. The Kier molecular flexibility index (Phi) is 6.06. The van der Waals surface area contributed by atoms with Gasteiger partial charge < -0.3 is 11.1 Å². The van der Waals surface area contributed by atoms with Crippen LogP contribution in [0.25, 0.3) is 0 Å². The first kappa shape index (κ1) is 19.5. The molecule has 0 aliphatic heterocycles. The fourth-order valence-corrected chi connectivity index (χ4v) is 2.99. The van der Waals surface area contributed by atoms with Gasteiger partial charge in [-0.2, -0.15) is 4.31 Å². The summed E-state index contributed by atoms with van der Waals surface area (Å²) in [5, 5.41) is 2.46. The minimum Gasteiger partial charge on any atom is -0.366 e. The molecule has 3 N–H and O–H groups in total. The fourth-order valence-electron chi connectivity index (χ4n) is 2.26. The van der Waals surface area contributed by atoms with Gasteiger partial charge in [0, 0.05) is 12.1 Å². The number of amides is 2. The number of carbonyl (C=O) groups excluding carboxylic acids is 2. The molecular weight excluding hydrogens is 361 g/mol. The molecule has 0 aliphatic rings. The zero-order valence-corrected chi connectivity index (χ0v) is 14.8. The maximum Gasteiger partial charge on any atom is 0.250 e. The van der Waals surface area contributed by atoms with E-state index in [1.165, 1.54) is 30.3 Å². The molecule has 0 saturated heterocycles. The summed E-state index contributed by atoms with van der Waals surface area (Å²) in [6, 6.07) is 11.8. The first-order chi connectivity index (χ1) is 12.2. The first-order valence-corrected chi connectivity index (χ1v) is 9.40. The van der Waals surface area contributed by atoms with E-state index < -0.39 is 34.2 Å². The maximum absolute atomic E-state index is 13.8. The highest BCUT2D eigenvalue weighted by atomic mass is 32.2. The summed E-state index contributed by atoms with van der Waals surface area (Å²) in [6.07, 6.45) is 0.929. The van der Waals surface area contributed by atoms with Crippen molar-refractivity contribution in [1.82, 2.24) is 4.31 Å². The number of primary amides is 1. The summed E-state index contributed by atoms with van der Waals surface area (Å²) >= 11 is 0. The van der Waals surface area contributed by atoms with Gasteiger partial charge in [-0.25, -0.2) is 12.8 Å². The van der Waals surface area contributed by atoms with Crippen LogP contribution >= 0.6 is 0 Å². The van der Waals surface area contributed by atoms with Gasteiger partial charge in [0.15, 0.2) is 0 Å². The molecule has 0 atom stereocenters. The van der Waals surface area contributed by atoms with E-state index in [9.17, 15) is 22.4 Å². The number of nitrogens with two attached hydrogens (primary N) is 1. The maximum atomic E-state index is 13.8. The number of sulfonamides is 1. The summed E-state index contributed by atoms with van der Waals surface area (Å²) in [5.74, 6) is -1.98. The number of anilines is 1. The molecule has 0 radical (unpaired) electrons. The quantitative estimate of drug-likeness (QED) is 0.756. The van der Waals surface area contributed by atoms with Crippen molar-refractivity contribution in [3.8, 4) is 0 Å². The molecule has 0 heterocycles. The van der Waals surface area contributed by atoms with Crippen LogP contribution in [0.4, 0.5) is 10.1 Å². The second kappa shape index (κ2) is 8.07. The van der Waals surface area contributed by atoms with Gasteiger partial charge in [0.2, 0.25) is 15.9 Å². The molecule has 0 spiro atoms. The lowest BCUT2D eigenvalue weighted by Gasteiger charge is -2.20. The molecule has 0 aromatic heterocycles. The Morgan fingerprint density at radius 1 is 1.12 bits per heavy atom. The molecule has 2 aromatic carbocycles. The largest absolute Gasteiger partial charge is 0.366 e. The SMILES string of the molecule is CS(=O)(=O)N(CC(=O)Nc1ccccc1C(N)=O)Cc1ccccc1F. The van der Waals surface area contributed by atoms with Crippen LogP contribution in [0.15, 0.2) is 48.5 Å². The van der Waals surface area contributed by atoms with Crippen LogP contribution in [0, 0.1) is 5.82 Å². The summed E-state index contributed by atoms with van der Waals surface area (Å²) in [7, 11) is -3.78. The number of benzene rings is 2. The number of carbonyl (C=O) groups is 2. The van der Waals surface area contributed by atoms with Crippen molar-refractivity contribution in [2.45, 2.75) is 6.54 Å². The number of nitrogens with zero attached hydrogens (tertiary/aromatic N) is 1. The van der Waals surface area contributed by atoms with E-state index in [0.29, 0.717) is 0 Å². The van der Waals surface area contributed by atoms with Gasteiger partial charge >= 0.3 is 0 Å². The van der Waals surface area contributed by atoms with Gasteiger partial charge in [-0.1, -0.05) is 30.3 Å². The van der Waals surface area contributed by atoms with Crippen molar-refractivity contribution in [1.29, 1.82) is 0 Å². The van der Waals surface area contributed by atoms with Crippen molar-refractivity contribution in [3.05, 3.63) is 65.5 Å². The third-order valence-corrected chi connectivity index (χ3v) is 4.76. The third-order valence-electron chi connectivity index (χ3n) is 3.56. The molecule has 7 nitrogen and oxygen atoms in total. The highest BCUT2D eigenvalue weighted by Crippen LogP contribution is 2.16. The van der Waals surface area contributed by atoms with Gasteiger partial charge in [-0.15, -0.1) is 0 Å². The molecule has 2 rings (SSSR count). The van der Waals surface area contributed by atoms with E-state index in [0.717, 1.165) is 10.6 Å². The smallest absolute Gasteiger partial charge is 0.250 e. The number of nitrogens with one attached hydrogen (secondary N) is 1. The molecule has 0 bridgehead atoms. The summed E-state index contributed by atoms with van der Waals surface area (Å²) in [5.41, 5.74) is 5.65. The number of para-hydroxylation sites is 1. The van der Waals surface area contributed by atoms with Gasteiger partial charge in [0.25, 0.3) is 5.91 Å². The van der Waals surface area contributed by atoms with Gasteiger partial charge in [-0.05, 0) is 18.2 Å². The van der Waals surface area contributed by atoms with Crippen molar-refractivity contribution < 1.29 is 22.4 Å². The Labute approximate surface area is 150 Å². The standard InChI is InChI=1S/C17H18FN3O4S/c1-26(24,25)21(10-12-6-2-4-8-14(12)18)11-16(22)20-15-9-5-3-7-13(15)17(19)23/h2-9H,10-11H2,1H3,(H2,19,23)(H,20,22). The van der Waals surface area contributed by atoms with Crippen LogP contribution < -0.4 is 11.1 Å². The van der Waals surface area contributed by atoms with Crippen LogP contribution in [0.5, 0.6) is 0 Å². The molecule has 9 heteroatoms. The van der Waals surface area contributed by atoms with Crippen LogP contribution in [0.1, 0.15) is 15.9 Å². The number of rotatable bonds is 7. The van der Waals surface area contributed by atoms with Crippen LogP contribution in [0.2, 0.25) is 0 Å². The zero-order valence-electron chi connectivity index (χ0n) is 14.0. The van der Waals surface area contributed by atoms with Crippen molar-refractivity contribution in [3.63, 3.8) is 0 Å². The zero-order chi connectivity index (χ0) is 19.3. The molecule has 26 heavy (non-hydrogen) atoms. The Morgan fingerprint density at radius 3 is 2.35 bits per heavy atom. The van der Waals surface area contributed by atoms with Gasteiger partial charge in [-0.3, -0.25) is 9.59 Å². The lowest BCUT2D eigenvalue weighted by molar-refractivity contribution is -0.116. The molecule has 0 saturated carbocycles. The predicted octanol–water partition coefficient (Wildman–Crippen LogP) is 1.32. The molecule has 138 valence electrons. The van der Waals surface area contributed by atoms with E-state index in [1.807, 2.05) is 0 Å². The van der Waals surface area contributed by atoms with Crippen LogP contribution in [-0.4, -0.2) is 37.3 Å². The molecule has 0 unspecified atom stereocenters. The average Bonchev–Trinajstić information content (AvgIpc) is 2.55. The minimum absolute atomic E-state index is 0.0980. The third kappa shape index (κ3) is 5.11. The average molecular weight is 379 g/mol. The Hall–Kier alpha value is -2.78. The summed E-state index contributed by atoms with van der Waals surface area (Å²) in [6.45, 7) is -0.837. The van der Waals surface area contributed by atoms with Crippen LogP contribution in [-0.2, 0) is 21.4 Å². The molecule has 2 amide bonds. The first-order valence-electron chi connectivity index (χ1n) is 7.55. The fraction of sp³-hybridized carbons (Fsp3) is 0.176. The lowest BCUT2D eigenvalue weighted by atomic mass is 10.1. The Bertz CT molecular complexity index is 931. The molecule has 2 aromatic rings. The normalized spacial score (nSPS) is 11.3. The van der Waals surface area contributed by atoms with Gasteiger partial charge in [0.05, 0.1) is 24.1 Å². The lowest BCUT2D eigenvalue weighted by Crippen LogP contribution is -2.37. The van der Waals surface area contributed by atoms with Gasteiger partial charge in [0.1, 0.15) is 5.82 Å².